The molecule has 11 nitrogen and oxygen atoms in total. The van der Waals surface area contributed by atoms with Crippen LogP contribution in [-0.4, -0.2) is 33.2 Å². The van der Waals surface area contributed by atoms with Crippen LogP contribution in [0.1, 0.15) is 5.56 Å². The van der Waals surface area contributed by atoms with Crippen LogP contribution in [0.2, 0.25) is 5.28 Å². The highest BCUT2D eigenvalue weighted by Gasteiger charge is 2.14. The van der Waals surface area contributed by atoms with Crippen LogP contribution >= 0.6 is 23.6 Å². The monoisotopic (exact) mass is 471 g/mol. The molecule has 3 rings (SSSR count). The topological polar surface area (TPSA) is 156 Å². The summed E-state index contributed by atoms with van der Waals surface area (Å²) in [5.41, 5.74) is 1.42. The van der Waals surface area contributed by atoms with Gasteiger partial charge < -0.3 is 10.6 Å². The van der Waals surface area contributed by atoms with Crippen LogP contribution in [0.5, 0.6) is 0 Å². The Labute approximate surface area is 180 Å². The first-order valence-electron chi connectivity index (χ1n) is 8.03. The average molecular weight is 472 g/mol. The Morgan fingerprint density at radius 3 is 2.30 bits per heavy atom. The summed E-state index contributed by atoms with van der Waals surface area (Å²) in [4.78, 5) is 12.6. The quantitative estimate of drug-likeness (QED) is 0.162. The van der Waals surface area contributed by atoms with Gasteiger partial charge >= 0.3 is 0 Å². The molecule has 0 aliphatic rings. The normalized spacial score (nSPS) is 11.3. The van der Waals surface area contributed by atoms with Gasteiger partial charge in [-0.15, -0.1) is 4.33 Å². The fourth-order valence-corrected chi connectivity index (χ4v) is 3.70. The molecule has 30 heavy (non-hydrogen) atoms. The van der Waals surface area contributed by atoms with Crippen molar-refractivity contribution in [3.8, 4) is 0 Å². The van der Waals surface area contributed by atoms with Crippen molar-refractivity contribution >= 4 is 57.0 Å². The van der Waals surface area contributed by atoms with E-state index in [1.807, 2.05) is 0 Å². The zero-order valence-electron chi connectivity index (χ0n) is 15.1. The second-order valence-electron chi connectivity index (χ2n) is 5.71. The van der Waals surface area contributed by atoms with Crippen LogP contribution in [0.15, 0.2) is 52.3 Å². The smallest absolute Gasteiger partial charge is 0.294 e. The minimum Gasteiger partial charge on any atom is -0.324 e. The van der Waals surface area contributed by atoms with Gasteiger partial charge in [0.05, 0.1) is 16.9 Å². The zero-order valence-corrected chi connectivity index (χ0v) is 17.5. The van der Waals surface area contributed by atoms with Gasteiger partial charge in [0.15, 0.2) is 0 Å². The van der Waals surface area contributed by atoms with Crippen LogP contribution in [0.3, 0.4) is 0 Å². The fraction of sp³-hybridized carbons (Fsp3) is 0.0625. The Morgan fingerprint density at radius 1 is 1.03 bits per heavy atom. The summed E-state index contributed by atoms with van der Waals surface area (Å²) in [5, 5.41) is 17.6. The molecule has 0 amide bonds. The maximum absolute atomic E-state index is 11.3. The predicted octanol–water partition coefficient (Wildman–Crippen LogP) is 4.00. The standard InChI is InChI=1S/C16H14ClN5O6S2/c1-9-7-11(5-6-13(9)30(24,25)26)19-16-21-14(17)20-15(22-16)18-10-3-2-4-12(8-10)29-28-27-23/h2-8,23H,1H3,(H,24,25,26)(H2,18,19,20,21,22). The van der Waals surface area contributed by atoms with E-state index in [2.05, 4.69) is 35.0 Å². The summed E-state index contributed by atoms with van der Waals surface area (Å²) in [7, 11) is -4.31. The van der Waals surface area contributed by atoms with Gasteiger partial charge in [0.1, 0.15) is 0 Å². The molecule has 0 fully saturated rings. The summed E-state index contributed by atoms with van der Waals surface area (Å²) >= 11 is 6.77. The largest absolute Gasteiger partial charge is 0.324 e. The molecule has 4 N–H and O–H groups in total. The second-order valence-corrected chi connectivity index (χ2v) is 8.21. The van der Waals surface area contributed by atoms with E-state index >= 15 is 0 Å². The Bertz CT molecular complexity index is 1160. The van der Waals surface area contributed by atoms with Crippen molar-refractivity contribution in [3.63, 3.8) is 0 Å². The molecule has 0 aliphatic heterocycles. The van der Waals surface area contributed by atoms with E-state index in [1.54, 1.807) is 24.3 Å². The second kappa shape index (κ2) is 9.53. The first-order valence-corrected chi connectivity index (χ1v) is 10.6. The first-order chi connectivity index (χ1) is 14.2. The van der Waals surface area contributed by atoms with Gasteiger partial charge in [-0.2, -0.15) is 23.4 Å². The van der Waals surface area contributed by atoms with Gasteiger partial charge in [0, 0.05) is 16.3 Å². The molecule has 0 unspecified atom stereocenters. The number of halogens is 1. The number of aryl methyl sites for hydroxylation is 1. The van der Waals surface area contributed by atoms with Crippen molar-refractivity contribution < 1.29 is 27.6 Å². The maximum Gasteiger partial charge on any atom is 0.294 e. The van der Waals surface area contributed by atoms with Crippen molar-refractivity contribution in [3.05, 3.63) is 53.3 Å². The highest BCUT2D eigenvalue weighted by molar-refractivity contribution is 7.94. The number of benzene rings is 2. The Morgan fingerprint density at radius 2 is 1.70 bits per heavy atom. The molecular weight excluding hydrogens is 458 g/mol. The van der Waals surface area contributed by atoms with Gasteiger partial charge in [-0.05, 0) is 60.5 Å². The lowest BCUT2D eigenvalue weighted by atomic mass is 10.2. The van der Waals surface area contributed by atoms with E-state index in [9.17, 15) is 13.0 Å². The molecule has 0 aliphatic carbocycles. The lowest BCUT2D eigenvalue weighted by molar-refractivity contribution is -0.432. The number of anilines is 4. The summed E-state index contributed by atoms with van der Waals surface area (Å²) < 4.78 is 36.2. The lowest BCUT2D eigenvalue weighted by Crippen LogP contribution is -2.05. The third-order valence-electron chi connectivity index (χ3n) is 3.57. The van der Waals surface area contributed by atoms with Crippen LogP contribution < -0.4 is 10.6 Å². The number of hydrogen-bond acceptors (Lipinski definition) is 11. The van der Waals surface area contributed by atoms with Gasteiger partial charge in [-0.3, -0.25) is 4.55 Å². The van der Waals surface area contributed by atoms with Gasteiger partial charge in [-0.1, -0.05) is 11.1 Å². The molecule has 0 radical (unpaired) electrons. The first kappa shape index (κ1) is 22.2. The summed E-state index contributed by atoms with van der Waals surface area (Å²) in [5.74, 6) is 0.254. The highest BCUT2D eigenvalue weighted by Crippen LogP contribution is 2.25. The lowest BCUT2D eigenvalue weighted by Gasteiger charge is -2.10. The van der Waals surface area contributed by atoms with Gasteiger partial charge in [0.25, 0.3) is 10.1 Å². The SMILES string of the molecule is Cc1cc(Nc2nc(Cl)nc(Nc3cccc(SOOO)c3)n2)ccc1S(=O)(=O)O. The summed E-state index contributed by atoms with van der Waals surface area (Å²) in [6.07, 6.45) is 0. The minimum absolute atomic E-state index is 0.0798. The molecule has 1 aromatic heterocycles. The Kier molecular flexibility index (Phi) is 7.04. The third kappa shape index (κ3) is 5.99. The Balaban J connectivity index is 1.80. The van der Waals surface area contributed by atoms with E-state index in [0.717, 1.165) is 12.0 Å². The number of nitrogens with one attached hydrogen (secondary N) is 2. The molecule has 0 saturated carbocycles. The van der Waals surface area contributed by atoms with Crippen LogP contribution in [0, 0.1) is 6.92 Å². The molecule has 0 spiro atoms. The van der Waals surface area contributed by atoms with E-state index in [-0.39, 0.29) is 22.1 Å². The molecule has 1 heterocycles. The summed E-state index contributed by atoms with van der Waals surface area (Å²) in [6.45, 7) is 1.54. The number of hydrogen-bond donors (Lipinski definition) is 4. The van der Waals surface area contributed by atoms with E-state index in [1.165, 1.54) is 25.1 Å². The average Bonchev–Trinajstić information content (AvgIpc) is 2.65. The van der Waals surface area contributed by atoms with E-state index in [4.69, 9.17) is 16.9 Å². The molecule has 0 atom stereocenters. The predicted molar refractivity (Wildman–Crippen MR) is 109 cm³/mol. The molecule has 0 saturated heterocycles. The van der Waals surface area contributed by atoms with Crippen LogP contribution in [0.4, 0.5) is 23.3 Å². The van der Waals surface area contributed by atoms with E-state index in [0.29, 0.717) is 21.8 Å². The molecular formula is C16H14ClN5O6S2. The molecule has 2 aromatic carbocycles. The van der Waals surface area contributed by atoms with Crippen LogP contribution in [0.25, 0.3) is 0 Å². The fourth-order valence-electron chi connectivity index (χ4n) is 2.42. The highest BCUT2D eigenvalue weighted by atomic mass is 35.5. The molecule has 14 heteroatoms. The molecule has 3 aromatic rings. The maximum atomic E-state index is 11.3. The number of nitrogens with zero attached hydrogens (tertiary/aromatic N) is 3. The minimum atomic E-state index is -4.31. The number of aromatic nitrogens is 3. The van der Waals surface area contributed by atoms with Crippen molar-refractivity contribution in [2.24, 2.45) is 0 Å². The third-order valence-corrected chi connectivity index (χ3v) is 5.33. The zero-order chi connectivity index (χ0) is 21.7. The van der Waals surface area contributed by atoms with Crippen molar-refractivity contribution in [1.29, 1.82) is 0 Å². The van der Waals surface area contributed by atoms with Crippen molar-refractivity contribution in [1.82, 2.24) is 15.0 Å². The number of rotatable bonds is 8. The van der Waals surface area contributed by atoms with Crippen molar-refractivity contribution in [2.75, 3.05) is 10.6 Å². The van der Waals surface area contributed by atoms with Crippen LogP contribution in [-0.2, 0) is 19.5 Å². The molecule has 0 bridgehead atoms. The Hall–Kier alpha value is -2.52. The molecule has 158 valence electrons. The van der Waals surface area contributed by atoms with Gasteiger partial charge in [0.2, 0.25) is 17.2 Å². The van der Waals surface area contributed by atoms with Crippen molar-refractivity contribution in [2.45, 2.75) is 16.7 Å². The van der Waals surface area contributed by atoms with E-state index < -0.39 is 10.1 Å². The van der Waals surface area contributed by atoms with Gasteiger partial charge in [-0.25, -0.2) is 5.26 Å². The summed E-state index contributed by atoms with van der Waals surface area (Å²) in [6, 6.07) is 11.1.